The number of aromatic carboxylic acids is 1. The lowest BCUT2D eigenvalue weighted by Crippen LogP contribution is -2.44. The lowest BCUT2D eigenvalue weighted by Gasteiger charge is -2.32. The molecule has 1 saturated heterocycles. The minimum absolute atomic E-state index is 0.422. The molecule has 4 nitrogen and oxygen atoms in total. The Morgan fingerprint density at radius 1 is 1.41 bits per heavy atom. The molecule has 0 amide bonds. The van der Waals surface area contributed by atoms with Crippen molar-refractivity contribution in [3.05, 3.63) is 29.3 Å². The van der Waals surface area contributed by atoms with Gasteiger partial charge in [-0.15, -0.1) is 0 Å². The standard InChI is InChI=1S/C13H18N2O2/c1-2-10-4-3-5-11(13(16)17)12(10)15-8-6-14-7-9-15/h3-5,14H,2,6-9H2,1H3,(H,16,17). The van der Waals surface area contributed by atoms with E-state index in [0.29, 0.717) is 5.56 Å². The first kappa shape index (κ1) is 11.9. The number of piperazine rings is 1. The van der Waals surface area contributed by atoms with Crippen molar-refractivity contribution in [2.45, 2.75) is 13.3 Å². The van der Waals surface area contributed by atoms with Gasteiger partial charge in [-0.2, -0.15) is 0 Å². The summed E-state index contributed by atoms with van der Waals surface area (Å²) in [7, 11) is 0. The molecule has 1 heterocycles. The summed E-state index contributed by atoms with van der Waals surface area (Å²) in [5.74, 6) is -0.839. The maximum Gasteiger partial charge on any atom is 0.337 e. The van der Waals surface area contributed by atoms with Gasteiger partial charge in [-0.25, -0.2) is 4.79 Å². The number of aryl methyl sites for hydroxylation is 1. The molecule has 0 aromatic heterocycles. The molecule has 0 bridgehead atoms. The van der Waals surface area contributed by atoms with Crippen LogP contribution >= 0.6 is 0 Å². The first-order valence-corrected chi connectivity index (χ1v) is 6.05. The normalized spacial score (nSPS) is 15.9. The van der Waals surface area contributed by atoms with Gasteiger partial charge in [0.2, 0.25) is 0 Å². The highest BCUT2D eigenvalue weighted by Crippen LogP contribution is 2.26. The summed E-state index contributed by atoms with van der Waals surface area (Å²) < 4.78 is 0. The number of benzene rings is 1. The zero-order chi connectivity index (χ0) is 12.3. The second-order valence-corrected chi connectivity index (χ2v) is 4.21. The van der Waals surface area contributed by atoms with E-state index in [1.165, 1.54) is 0 Å². The molecule has 92 valence electrons. The van der Waals surface area contributed by atoms with Gasteiger partial charge in [0.1, 0.15) is 0 Å². The van der Waals surface area contributed by atoms with Crippen LogP contribution in [0.3, 0.4) is 0 Å². The molecule has 4 heteroatoms. The third kappa shape index (κ3) is 2.42. The molecule has 17 heavy (non-hydrogen) atoms. The van der Waals surface area contributed by atoms with E-state index in [4.69, 9.17) is 0 Å². The third-order valence-electron chi connectivity index (χ3n) is 3.16. The summed E-state index contributed by atoms with van der Waals surface area (Å²) in [4.78, 5) is 13.5. The number of carboxylic acid groups (broad SMARTS) is 1. The SMILES string of the molecule is CCc1cccc(C(=O)O)c1N1CCNCC1. The summed E-state index contributed by atoms with van der Waals surface area (Å²) in [6, 6.07) is 5.54. The molecule has 2 N–H and O–H groups in total. The fourth-order valence-electron chi connectivity index (χ4n) is 2.31. The number of anilines is 1. The summed E-state index contributed by atoms with van der Waals surface area (Å²) in [6.07, 6.45) is 0.861. The number of para-hydroxylation sites is 1. The smallest absolute Gasteiger partial charge is 0.337 e. The topological polar surface area (TPSA) is 52.6 Å². The Morgan fingerprint density at radius 3 is 2.71 bits per heavy atom. The molecular weight excluding hydrogens is 216 g/mol. The number of hydrogen-bond donors (Lipinski definition) is 2. The predicted molar refractivity (Wildman–Crippen MR) is 67.9 cm³/mol. The van der Waals surface area contributed by atoms with E-state index in [1.54, 1.807) is 6.07 Å². The minimum Gasteiger partial charge on any atom is -0.478 e. The monoisotopic (exact) mass is 234 g/mol. The lowest BCUT2D eigenvalue weighted by molar-refractivity contribution is 0.0697. The Kier molecular flexibility index (Phi) is 3.64. The molecule has 0 spiro atoms. The molecule has 2 rings (SSSR count). The van der Waals surface area contributed by atoms with Gasteiger partial charge in [-0.1, -0.05) is 19.1 Å². The van der Waals surface area contributed by atoms with Crippen molar-refractivity contribution in [3.63, 3.8) is 0 Å². The van der Waals surface area contributed by atoms with Crippen LogP contribution in [0.1, 0.15) is 22.8 Å². The highest BCUT2D eigenvalue weighted by molar-refractivity contribution is 5.95. The fourth-order valence-corrected chi connectivity index (χ4v) is 2.31. The number of rotatable bonds is 3. The van der Waals surface area contributed by atoms with E-state index in [2.05, 4.69) is 17.1 Å². The summed E-state index contributed by atoms with van der Waals surface area (Å²) >= 11 is 0. The number of nitrogens with one attached hydrogen (secondary N) is 1. The number of nitrogens with zero attached hydrogens (tertiary/aromatic N) is 1. The van der Waals surface area contributed by atoms with Gasteiger partial charge >= 0.3 is 5.97 Å². The van der Waals surface area contributed by atoms with E-state index in [-0.39, 0.29) is 0 Å². The third-order valence-corrected chi connectivity index (χ3v) is 3.16. The van der Waals surface area contributed by atoms with E-state index in [9.17, 15) is 9.90 Å². The Morgan fingerprint density at radius 2 is 2.12 bits per heavy atom. The Labute approximate surface area is 101 Å². The van der Waals surface area contributed by atoms with E-state index in [1.807, 2.05) is 12.1 Å². The van der Waals surface area contributed by atoms with Gasteiger partial charge in [0, 0.05) is 26.2 Å². The van der Waals surface area contributed by atoms with Crippen LogP contribution < -0.4 is 10.2 Å². The van der Waals surface area contributed by atoms with Gasteiger partial charge in [0.05, 0.1) is 11.3 Å². The van der Waals surface area contributed by atoms with Gasteiger partial charge in [0.25, 0.3) is 0 Å². The highest BCUT2D eigenvalue weighted by Gasteiger charge is 2.20. The summed E-state index contributed by atoms with van der Waals surface area (Å²) in [6.45, 7) is 5.63. The predicted octanol–water partition coefficient (Wildman–Crippen LogP) is 1.36. The first-order valence-electron chi connectivity index (χ1n) is 6.05. The number of carbonyl (C=O) groups is 1. The summed E-state index contributed by atoms with van der Waals surface area (Å²) in [5.41, 5.74) is 2.45. The molecule has 1 aliphatic rings. The molecule has 1 aliphatic heterocycles. The molecule has 1 aromatic carbocycles. The number of hydrogen-bond acceptors (Lipinski definition) is 3. The van der Waals surface area contributed by atoms with Crippen molar-refractivity contribution in [2.24, 2.45) is 0 Å². The van der Waals surface area contributed by atoms with Crippen molar-refractivity contribution in [1.82, 2.24) is 5.32 Å². The maximum absolute atomic E-state index is 11.3. The molecule has 0 aliphatic carbocycles. The van der Waals surface area contributed by atoms with Crippen LogP contribution in [0.4, 0.5) is 5.69 Å². The second-order valence-electron chi connectivity index (χ2n) is 4.21. The second kappa shape index (κ2) is 5.19. The zero-order valence-corrected chi connectivity index (χ0v) is 10.1. The van der Waals surface area contributed by atoms with Gasteiger partial charge in [-0.3, -0.25) is 0 Å². The van der Waals surface area contributed by atoms with Crippen molar-refractivity contribution >= 4 is 11.7 Å². The number of carboxylic acids is 1. The average Bonchev–Trinajstić information content (AvgIpc) is 2.38. The molecule has 0 unspecified atom stereocenters. The Balaban J connectivity index is 2.43. The van der Waals surface area contributed by atoms with Crippen LogP contribution in [0, 0.1) is 0 Å². The Bertz CT molecular complexity index is 412. The van der Waals surface area contributed by atoms with Gasteiger partial charge < -0.3 is 15.3 Å². The van der Waals surface area contributed by atoms with Crippen LogP contribution in [0.2, 0.25) is 0 Å². The lowest BCUT2D eigenvalue weighted by atomic mass is 10.0. The van der Waals surface area contributed by atoms with Crippen LogP contribution in [0.15, 0.2) is 18.2 Å². The van der Waals surface area contributed by atoms with Gasteiger partial charge in [-0.05, 0) is 18.1 Å². The summed E-state index contributed by atoms with van der Waals surface area (Å²) in [5, 5.41) is 12.6. The average molecular weight is 234 g/mol. The minimum atomic E-state index is -0.839. The van der Waals surface area contributed by atoms with E-state index in [0.717, 1.165) is 43.9 Å². The van der Waals surface area contributed by atoms with Crippen LogP contribution in [0.25, 0.3) is 0 Å². The largest absolute Gasteiger partial charge is 0.478 e. The first-order chi connectivity index (χ1) is 8.24. The maximum atomic E-state index is 11.3. The van der Waals surface area contributed by atoms with E-state index >= 15 is 0 Å². The molecule has 0 atom stereocenters. The van der Waals surface area contributed by atoms with Crippen LogP contribution in [-0.4, -0.2) is 37.3 Å². The van der Waals surface area contributed by atoms with E-state index < -0.39 is 5.97 Å². The van der Waals surface area contributed by atoms with Crippen molar-refractivity contribution in [3.8, 4) is 0 Å². The molecular formula is C13H18N2O2. The van der Waals surface area contributed by atoms with Crippen molar-refractivity contribution in [2.75, 3.05) is 31.1 Å². The highest BCUT2D eigenvalue weighted by atomic mass is 16.4. The zero-order valence-electron chi connectivity index (χ0n) is 10.1. The fraction of sp³-hybridized carbons (Fsp3) is 0.462. The molecule has 0 saturated carbocycles. The Hall–Kier alpha value is -1.55. The van der Waals surface area contributed by atoms with Crippen molar-refractivity contribution < 1.29 is 9.90 Å². The molecule has 1 fully saturated rings. The molecule has 0 radical (unpaired) electrons. The van der Waals surface area contributed by atoms with Gasteiger partial charge in [0.15, 0.2) is 0 Å². The van der Waals surface area contributed by atoms with Crippen molar-refractivity contribution in [1.29, 1.82) is 0 Å². The van der Waals surface area contributed by atoms with Crippen LogP contribution in [-0.2, 0) is 6.42 Å². The molecule has 1 aromatic rings. The quantitative estimate of drug-likeness (QED) is 0.829. The van der Waals surface area contributed by atoms with Crippen LogP contribution in [0.5, 0.6) is 0 Å².